The highest BCUT2D eigenvalue weighted by atomic mass is 16.4. The van der Waals surface area contributed by atoms with Gasteiger partial charge in [0.25, 0.3) is 0 Å². The molecule has 0 aromatic heterocycles. The molecule has 0 aliphatic heterocycles. The molecule has 0 spiro atoms. The summed E-state index contributed by atoms with van der Waals surface area (Å²) in [5.41, 5.74) is 0. The van der Waals surface area contributed by atoms with Gasteiger partial charge in [-0.2, -0.15) is 0 Å². The van der Waals surface area contributed by atoms with Gasteiger partial charge < -0.3 is 10.2 Å². The second-order valence-electron chi connectivity index (χ2n) is 4.83. The molecular formula is C15H26O4. The summed E-state index contributed by atoms with van der Waals surface area (Å²) in [6.07, 6.45) is 13.9. The fourth-order valence-electron chi connectivity index (χ4n) is 1.90. The number of hydrogen-bond donors (Lipinski definition) is 2. The molecule has 0 saturated heterocycles. The Morgan fingerprint density at radius 3 is 1.74 bits per heavy atom. The first-order valence-corrected chi connectivity index (χ1v) is 7.21. The second-order valence-corrected chi connectivity index (χ2v) is 4.83. The van der Waals surface area contributed by atoms with Crippen LogP contribution in [0.1, 0.15) is 70.6 Å². The molecule has 4 nitrogen and oxygen atoms in total. The van der Waals surface area contributed by atoms with E-state index in [1.165, 1.54) is 25.7 Å². The number of carbonyl (C=O) groups is 2. The molecule has 0 aliphatic rings. The van der Waals surface area contributed by atoms with Crippen molar-refractivity contribution < 1.29 is 19.8 Å². The van der Waals surface area contributed by atoms with Gasteiger partial charge in [0, 0.05) is 6.42 Å². The van der Waals surface area contributed by atoms with Gasteiger partial charge in [0.15, 0.2) is 0 Å². The number of rotatable bonds is 13. The minimum atomic E-state index is -0.779. The molecule has 0 bridgehead atoms. The molecule has 19 heavy (non-hydrogen) atoms. The molecule has 0 heterocycles. The van der Waals surface area contributed by atoms with Gasteiger partial charge in [-0.1, -0.05) is 50.7 Å². The van der Waals surface area contributed by atoms with Crippen molar-refractivity contribution in [3.05, 3.63) is 12.2 Å². The van der Waals surface area contributed by atoms with Crippen LogP contribution in [0.4, 0.5) is 0 Å². The van der Waals surface area contributed by atoms with Gasteiger partial charge in [-0.15, -0.1) is 0 Å². The molecule has 0 aromatic rings. The Kier molecular flexibility index (Phi) is 12.2. The number of aliphatic carboxylic acids is 2. The fourth-order valence-corrected chi connectivity index (χ4v) is 1.90. The summed E-state index contributed by atoms with van der Waals surface area (Å²) in [7, 11) is 0. The number of carboxylic acids is 2. The number of unbranched alkanes of at least 4 members (excludes halogenated alkanes) is 8. The van der Waals surface area contributed by atoms with Crippen LogP contribution < -0.4 is 0 Å². The lowest BCUT2D eigenvalue weighted by atomic mass is 10.1. The van der Waals surface area contributed by atoms with Gasteiger partial charge in [-0.05, 0) is 19.3 Å². The Hall–Kier alpha value is -1.32. The summed E-state index contributed by atoms with van der Waals surface area (Å²) >= 11 is 0. The largest absolute Gasteiger partial charge is 0.481 e. The zero-order chi connectivity index (χ0) is 14.3. The molecule has 0 amide bonds. The molecule has 110 valence electrons. The van der Waals surface area contributed by atoms with Gasteiger partial charge in [-0.3, -0.25) is 9.59 Å². The van der Waals surface area contributed by atoms with Crippen LogP contribution in [0.2, 0.25) is 0 Å². The summed E-state index contributed by atoms with van der Waals surface area (Å²) in [6.45, 7) is 0. The summed E-state index contributed by atoms with van der Waals surface area (Å²) in [5.74, 6) is -1.48. The van der Waals surface area contributed by atoms with E-state index >= 15 is 0 Å². The Labute approximate surface area is 115 Å². The van der Waals surface area contributed by atoms with Gasteiger partial charge in [0.05, 0.1) is 6.42 Å². The minimum Gasteiger partial charge on any atom is -0.481 e. The predicted octanol–water partition coefficient (Wildman–Crippen LogP) is 4.00. The van der Waals surface area contributed by atoms with Gasteiger partial charge in [0.1, 0.15) is 0 Å². The van der Waals surface area contributed by atoms with Gasteiger partial charge in [0.2, 0.25) is 0 Å². The lowest BCUT2D eigenvalue weighted by Gasteiger charge is -2.00. The maximum Gasteiger partial charge on any atom is 0.307 e. The van der Waals surface area contributed by atoms with E-state index in [1.807, 2.05) is 6.08 Å². The topological polar surface area (TPSA) is 74.6 Å². The van der Waals surface area contributed by atoms with Crippen molar-refractivity contribution in [1.82, 2.24) is 0 Å². The van der Waals surface area contributed by atoms with E-state index in [-0.39, 0.29) is 6.42 Å². The smallest absolute Gasteiger partial charge is 0.307 e. The van der Waals surface area contributed by atoms with Crippen molar-refractivity contribution in [2.45, 2.75) is 70.6 Å². The highest BCUT2D eigenvalue weighted by Crippen LogP contribution is 2.10. The van der Waals surface area contributed by atoms with Crippen molar-refractivity contribution in [3.8, 4) is 0 Å². The van der Waals surface area contributed by atoms with Crippen molar-refractivity contribution in [2.75, 3.05) is 0 Å². The van der Waals surface area contributed by atoms with Crippen LogP contribution in [0.15, 0.2) is 12.2 Å². The van der Waals surface area contributed by atoms with Crippen LogP contribution in [-0.2, 0) is 9.59 Å². The zero-order valence-corrected chi connectivity index (χ0v) is 11.6. The SMILES string of the molecule is O=C(O)C/C=C/CCCCCCCCCCC(=O)O. The summed E-state index contributed by atoms with van der Waals surface area (Å²) in [4.78, 5) is 20.5. The Morgan fingerprint density at radius 1 is 0.684 bits per heavy atom. The molecule has 0 unspecified atom stereocenters. The quantitative estimate of drug-likeness (QED) is 0.392. The van der Waals surface area contributed by atoms with E-state index in [4.69, 9.17) is 10.2 Å². The maximum atomic E-state index is 10.3. The Bertz CT molecular complexity index is 271. The van der Waals surface area contributed by atoms with Crippen molar-refractivity contribution in [2.24, 2.45) is 0 Å². The highest BCUT2D eigenvalue weighted by molar-refractivity contribution is 5.68. The third-order valence-electron chi connectivity index (χ3n) is 2.97. The first-order chi connectivity index (χ1) is 9.13. The van der Waals surface area contributed by atoms with Gasteiger partial charge >= 0.3 is 11.9 Å². The first-order valence-electron chi connectivity index (χ1n) is 7.21. The molecule has 0 saturated carbocycles. The van der Waals surface area contributed by atoms with E-state index in [9.17, 15) is 9.59 Å². The molecule has 0 fully saturated rings. The maximum absolute atomic E-state index is 10.3. The second kappa shape index (κ2) is 13.1. The number of hydrogen-bond acceptors (Lipinski definition) is 2. The summed E-state index contributed by atoms with van der Waals surface area (Å²) in [5, 5.41) is 16.9. The lowest BCUT2D eigenvalue weighted by Crippen LogP contribution is -1.93. The molecule has 0 aliphatic carbocycles. The highest BCUT2D eigenvalue weighted by Gasteiger charge is 1.96. The normalized spacial score (nSPS) is 10.9. The minimum absolute atomic E-state index is 0.121. The van der Waals surface area contributed by atoms with E-state index < -0.39 is 11.9 Å². The monoisotopic (exact) mass is 270 g/mol. The molecule has 0 atom stereocenters. The van der Waals surface area contributed by atoms with Crippen molar-refractivity contribution in [1.29, 1.82) is 0 Å². The molecule has 4 heteroatoms. The fraction of sp³-hybridized carbons (Fsp3) is 0.733. The predicted molar refractivity (Wildman–Crippen MR) is 75.2 cm³/mol. The van der Waals surface area contributed by atoms with Crippen LogP contribution in [0, 0.1) is 0 Å². The first kappa shape index (κ1) is 17.7. The average Bonchev–Trinajstić information content (AvgIpc) is 2.34. The number of allylic oxidation sites excluding steroid dienone is 1. The third kappa shape index (κ3) is 16.7. The molecule has 2 N–H and O–H groups in total. The average molecular weight is 270 g/mol. The Balaban J connectivity index is 3.08. The number of carboxylic acid groups (broad SMARTS) is 2. The van der Waals surface area contributed by atoms with E-state index in [2.05, 4.69) is 0 Å². The molecule has 0 aromatic carbocycles. The summed E-state index contributed by atoms with van der Waals surface area (Å²) < 4.78 is 0. The van der Waals surface area contributed by atoms with E-state index in [1.54, 1.807) is 6.08 Å². The molecule has 0 rings (SSSR count). The third-order valence-corrected chi connectivity index (χ3v) is 2.97. The van der Waals surface area contributed by atoms with E-state index in [0.29, 0.717) is 6.42 Å². The van der Waals surface area contributed by atoms with Gasteiger partial charge in [-0.25, -0.2) is 0 Å². The van der Waals surface area contributed by atoms with Crippen LogP contribution in [-0.4, -0.2) is 22.2 Å². The van der Waals surface area contributed by atoms with Crippen LogP contribution in [0.25, 0.3) is 0 Å². The lowest BCUT2D eigenvalue weighted by molar-refractivity contribution is -0.137. The van der Waals surface area contributed by atoms with Crippen molar-refractivity contribution in [3.63, 3.8) is 0 Å². The van der Waals surface area contributed by atoms with E-state index in [0.717, 1.165) is 32.1 Å². The van der Waals surface area contributed by atoms with Crippen LogP contribution in [0.3, 0.4) is 0 Å². The van der Waals surface area contributed by atoms with Crippen molar-refractivity contribution >= 4 is 11.9 Å². The molecule has 0 radical (unpaired) electrons. The zero-order valence-electron chi connectivity index (χ0n) is 11.6. The molecular weight excluding hydrogens is 244 g/mol. The standard InChI is InChI=1S/C15H26O4/c16-14(17)12-10-8-6-4-2-1-3-5-7-9-11-13-15(18)19/h8,10H,1-7,9,11-13H2,(H,16,17)(H,18,19)/b10-8+. The Morgan fingerprint density at radius 2 is 1.21 bits per heavy atom. The van der Waals surface area contributed by atoms with Crippen LogP contribution >= 0.6 is 0 Å². The summed E-state index contributed by atoms with van der Waals surface area (Å²) in [6, 6.07) is 0. The van der Waals surface area contributed by atoms with Crippen LogP contribution in [0.5, 0.6) is 0 Å².